The zero-order chi connectivity index (χ0) is 21.2. The predicted molar refractivity (Wildman–Crippen MR) is 134 cm³/mol. The van der Waals surface area contributed by atoms with Crippen LogP contribution in [0.1, 0.15) is 39.2 Å². The summed E-state index contributed by atoms with van der Waals surface area (Å²) in [6.45, 7) is 9.69. The van der Waals surface area contributed by atoms with E-state index < -0.39 is 0 Å². The van der Waals surface area contributed by atoms with Gasteiger partial charge >= 0.3 is 0 Å². The summed E-state index contributed by atoms with van der Waals surface area (Å²) in [4.78, 5) is 9.00. The lowest BCUT2D eigenvalue weighted by molar-refractivity contribution is 0.0243. The summed E-state index contributed by atoms with van der Waals surface area (Å²) in [6.07, 6.45) is 3.92. The summed E-state index contributed by atoms with van der Waals surface area (Å²) in [5.74, 6) is 2.85. The third-order valence-corrected chi connectivity index (χ3v) is 4.85. The van der Waals surface area contributed by atoms with Gasteiger partial charge in [-0.05, 0) is 69.5 Å². The largest absolute Gasteiger partial charge is 0.494 e. The average molecular weight is 540 g/mol. The molecule has 1 aromatic carbocycles. The minimum Gasteiger partial charge on any atom is -0.494 e. The summed E-state index contributed by atoms with van der Waals surface area (Å²) in [5.41, 5.74) is 0.900. The first-order chi connectivity index (χ1) is 14.6. The van der Waals surface area contributed by atoms with Crippen molar-refractivity contribution in [1.82, 2.24) is 15.6 Å². The van der Waals surface area contributed by atoms with Gasteiger partial charge in [0.1, 0.15) is 11.5 Å². The molecule has 2 N–H and O–H groups in total. The number of aliphatic imine (C=N–C) groups is 1. The van der Waals surface area contributed by atoms with Crippen LogP contribution in [0.2, 0.25) is 0 Å². The molecule has 1 aliphatic rings. The topological polar surface area (TPSA) is 77.0 Å². The molecule has 3 rings (SSSR count). The summed E-state index contributed by atoms with van der Waals surface area (Å²) < 4.78 is 17.2. The summed E-state index contributed by atoms with van der Waals surface area (Å²) in [6, 6.07) is 11.4. The Morgan fingerprint density at radius 1 is 1.16 bits per heavy atom. The zero-order valence-electron chi connectivity index (χ0n) is 18.5. The van der Waals surface area contributed by atoms with Gasteiger partial charge in [0.25, 0.3) is 0 Å². The molecular weight excluding hydrogens is 507 g/mol. The highest BCUT2D eigenvalue weighted by molar-refractivity contribution is 14.0. The van der Waals surface area contributed by atoms with Crippen LogP contribution in [0.25, 0.3) is 0 Å². The molecule has 1 unspecified atom stereocenters. The van der Waals surface area contributed by atoms with E-state index in [0.717, 1.165) is 49.8 Å². The van der Waals surface area contributed by atoms with Gasteiger partial charge in [-0.1, -0.05) is 0 Å². The van der Waals surface area contributed by atoms with Crippen LogP contribution in [0.4, 0.5) is 0 Å². The minimum absolute atomic E-state index is 0. The highest BCUT2D eigenvalue weighted by atomic mass is 127. The molecule has 0 aliphatic carbocycles. The van der Waals surface area contributed by atoms with E-state index in [0.29, 0.717) is 24.8 Å². The van der Waals surface area contributed by atoms with E-state index in [4.69, 9.17) is 19.2 Å². The molecule has 1 aromatic heterocycles. The van der Waals surface area contributed by atoms with Crippen molar-refractivity contribution < 1.29 is 14.2 Å². The van der Waals surface area contributed by atoms with Gasteiger partial charge in [-0.15, -0.1) is 24.0 Å². The van der Waals surface area contributed by atoms with Crippen molar-refractivity contribution in [2.75, 3.05) is 26.3 Å². The number of nitrogens with zero attached hydrogens (tertiary/aromatic N) is 2. The molecule has 2 heterocycles. The number of aromatic nitrogens is 1. The van der Waals surface area contributed by atoms with Crippen molar-refractivity contribution in [1.29, 1.82) is 0 Å². The van der Waals surface area contributed by atoms with Crippen LogP contribution in [-0.4, -0.2) is 42.8 Å². The summed E-state index contributed by atoms with van der Waals surface area (Å²) in [5, 5.41) is 6.69. The summed E-state index contributed by atoms with van der Waals surface area (Å²) >= 11 is 0. The van der Waals surface area contributed by atoms with E-state index in [1.165, 1.54) is 0 Å². The SMILES string of the molecule is CCNC(=NCc1ccnc(Oc2ccc(OCC)cc2)c1)NCC1(C)CCCO1.I. The van der Waals surface area contributed by atoms with Gasteiger partial charge in [0, 0.05) is 32.0 Å². The van der Waals surface area contributed by atoms with Gasteiger partial charge in [0.05, 0.1) is 18.8 Å². The van der Waals surface area contributed by atoms with Gasteiger partial charge < -0.3 is 24.8 Å². The Bertz CT molecular complexity index is 824. The lowest BCUT2D eigenvalue weighted by Crippen LogP contribution is -2.45. The average Bonchev–Trinajstić information content (AvgIpc) is 3.19. The van der Waals surface area contributed by atoms with Crippen LogP contribution < -0.4 is 20.1 Å². The Kier molecular flexibility index (Phi) is 10.3. The molecule has 0 amide bonds. The molecule has 1 atom stereocenters. The third kappa shape index (κ3) is 8.17. The van der Waals surface area contributed by atoms with Crippen molar-refractivity contribution in [3.8, 4) is 17.4 Å². The summed E-state index contributed by atoms with van der Waals surface area (Å²) in [7, 11) is 0. The number of pyridine rings is 1. The number of guanidine groups is 1. The fourth-order valence-corrected chi connectivity index (χ4v) is 3.25. The molecule has 1 fully saturated rings. The van der Waals surface area contributed by atoms with Crippen molar-refractivity contribution in [2.45, 2.75) is 45.8 Å². The van der Waals surface area contributed by atoms with Crippen LogP contribution in [0.15, 0.2) is 47.6 Å². The normalized spacial score (nSPS) is 18.2. The first-order valence-electron chi connectivity index (χ1n) is 10.6. The van der Waals surface area contributed by atoms with Crippen LogP contribution in [0, 0.1) is 0 Å². The molecule has 0 bridgehead atoms. The van der Waals surface area contributed by atoms with Crippen LogP contribution in [0.3, 0.4) is 0 Å². The van der Waals surface area contributed by atoms with Crippen molar-refractivity contribution >= 4 is 29.9 Å². The van der Waals surface area contributed by atoms with Gasteiger partial charge in [-0.25, -0.2) is 9.98 Å². The number of halogens is 1. The van der Waals surface area contributed by atoms with Crippen molar-refractivity contribution in [2.24, 2.45) is 4.99 Å². The molecule has 8 heteroatoms. The first-order valence-corrected chi connectivity index (χ1v) is 10.6. The molecule has 0 saturated carbocycles. The fourth-order valence-electron chi connectivity index (χ4n) is 3.25. The number of ether oxygens (including phenoxy) is 3. The lowest BCUT2D eigenvalue weighted by atomic mass is 10.0. The first kappa shape index (κ1) is 25.2. The van der Waals surface area contributed by atoms with Crippen LogP contribution in [-0.2, 0) is 11.3 Å². The van der Waals surface area contributed by atoms with Gasteiger partial charge in [-0.3, -0.25) is 0 Å². The fraction of sp³-hybridized carbons (Fsp3) is 0.478. The van der Waals surface area contributed by atoms with E-state index in [9.17, 15) is 0 Å². The molecule has 31 heavy (non-hydrogen) atoms. The van der Waals surface area contributed by atoms with E-state index >= 15 is 0 Å². The Hall–Kier alpha value is -2.07. The standard InChI is InChI=1S/C23H32N4O3.HI/c1-4-24-22(27-17-23(3)12-6-14-29-23)26-16-18-11-13-25-21(15-18)30-20-9-7-19(8-10-20)28-5-2;/h7-11,13,15H,4-6,12,14,16-17H2,1-3H3,(H2,24,26,27);1H. The quantitative estimate of drug-likeness (QED) is 0.277. The zero-order valence-corrected chi connectivity index (χ0v) is 20.8. The molecule has 7 nitrogen and oxygen atoms in total. The van der Waals surface area contributed by atoms with E-state index in [1.54, 1.807) is 6.20 Å². The second kappa shape index (κ2) is 12.7. The maximum Gasteiger partial charge on any atom is 0.219 e. The monoisotopic (exact) mass is 540 g/mol. The molecular formula is C23H33IN4O3. The van der Waals surface area contributed by atoms with Crippen molar-refractivity contribution in [3.63, 3.8) is 0 Å². The van der Waals surface area contributed by atoms with Gasteiger partial charge in [0.15, 0.2) is 5.96 Å². The molecule has 0 radical (unpaired) electrons. The van der Waals surface area contributed by atoms with Crippen molar-refractivity contribution in [3.05, 3.63) is 48.2 Å². The predicted octanol–water partition coefficient (Wildman–Crippen LogP) is 4.51. The molecule has 1 saturated heterocycles. The third-order valence-electron chi connectivity index (χ3n) is 4.85. The molecule has 0 spiro atoms. The number of hydrogen-bond donors (Lipinski definition) is 2. The van der Waals surface area contributed by atoms with E-state index in [2.05, 4.69) is 29.5 Å². The minimum atomic E-state index is -0.119. The Labute approximate surface area is 202 Å². The molecule has 170 valence electrons. The van der Waals surface area contributed by atoms with Gasteiger partial charge in [0.2, 0.25) is 5.88 Å². The number of hydrogen-bond acceptors (Lipinski definition) is 5. The number of nitrogens with one attached hydrogen (secondary N) is 2. The van der Waals surface area contributed by atoms with Crippen LogP contribution >= 0.6 is 24.0 Å². The maximum atomic E-state index is 5.87. The Morgan fingerprint density at radius 2 is 1.94 bits per heavy atom. The number of benzene rings is 1. The highest BCUT2D eigenvalue weighted by Crippen LogP contribution is 2.24. The smallest absolute Gasteiger partial charge is 0.219 e. The Morgan fingerprint density at radius 3 is 2.61 bits per heavy atom. The molecule has 1 aliphatic heterocycles. The second-order valence-corrected chi connectivity index (χ2v) is 7.46. The number of rotatable bonds is 9. The highest BCUT2D eigenvalue weighted by Gasteiger charge is 2.29. The van der Waals surface area contributed by atoms with E-state index in [1.807, 2.05) is 43.3 Å². The van der Waals surface area contributed by atoms with E-state index in [-0.39, 0.29) is 29.6 Å². The lowest BCUT2D eigenvalue weighted by Gasteiger charge is -2.24. The van der Waals surface area contributed by atoms with Crippen LogP contribution in [0.5, 0.6) is 17.4 Å². The Balaban J connectivity index is 0.00000341. The maximum absolute atomic E-state index is 5.87. The van der Waals surface area contributed by atoms with Gasteiger partial charge in [-0.2, -0.15) is 0 Å². The second-order valence-electron chi connectivity index (χ2n) is 7.46. The molecule has 2 aromatic rings.